The van der Waals surface area contributed by atoms with Crippen LogP contribution < -0.4 is 5.56 Å². The minimum Gasteiger partial charge on any atom is -0.339 e. The highest BCUT2D eigenvalue weighted by Crippen LogP contribution is 2.14. The molecule has 3 aromatic rings. The number of fused-ring (bicyclic) bond motifs is 1. The van der Waals surface area contributed by atoms with E-state index < -0.39 is 0 Å². The van der Waals surface area contributed by atoms with Crippen molar-refractivity contribution in [1.29, 1.82) is 0 Å². The van der Waals surface area contributed by atoms with Crippen LogP contribution in [0.2, 0.25) is 0 Å². The fourth-order valence-electron chi connectivity index (χ4n) is 2.86. The first-order valence-corrected chi connectivity index (χ1v) is 8.61. The van der Waals surface area contributed by atoms with Gasteiger partial charge in [0.05, 0.1) is 16.6 Å². The highest BCUT2D eigenvalue weighted by molar-refractivity contribution is 7.71. The lowest BCUT2D eigenvalue weighted by Gasteiger charge is -2.18. The summed E-state index contributed by atoms with van der Waals surface area (Å²) in [5.74, 6) is -0.0570. The summed E-state index contributed by atoms with van der Waals surface area (Å²) in [6, 6.07) is 14.3. The minimum absolute atomic E-state index is 0.0570. The van der Waals surface area contributed by atoms with Crippen LogP contribution in [-0.4, -0.2) is 33.4 Å². The predicted octanol–water partition coefficient (Wildman–Crippen LogP) is 3.53. The molecule has 0 saturated heterocycles. The zero-order chi connectivity index (χ0) is 18.0. The number of para-hydroxylation sites is 1. The first kappa shape index (κ1) is 17.1. The highest BCUT2D eigenvalue weighted by atomic mass is 32.1. The third-order valence-corrected chi connectivity index (χ3v) is 4.49. The van der Waals surface area contributed by atoms with E-state index in [1.165, 1.54) is 4.57 Å². The summed E-state index contributed by atoms with van der Waals surface area (Å²) in [6.45, 7) is 5.15. The second-order valence-corrected chi connectivity index (χ2v) is 6.03. The second-order valence-electron chi connectivity index (χ2n) is 5.64. The second kappa shape index (κ2) is 7.03. The Morgan fingerprint density at radius 1 is 1.12 bits per heavy atom. The lowest BCUT2D eigenvalue weighted by atomic mass is 10.1. The van der Waals surface area contributed by atoms with Gasteiger partial charge in [0, 0.05) is 18.7 Å². The molecule has 0 aliphatic carbocycles. The van der Waals surface area contributed by atoms with E-state index in [4.69, 9.17) is 12.2 Å². The Morgan fingerprint density at radius 2 is 1.80 bits per heavy atom. The van der Waals surface area contributed by atoms with E-state index in [0.29, 0.717) is 40.0 Å². The number of rotatable bonds is 4. The van der Waals surface area contributed by atoms with Gasteiger partial charge in [0.25, 0.3) is 11.5 Å². The topological polar surface area (TPSA) is 58.1 Å². The number of carbonyl (C=O) groups is 1. The van der Waals surface area contributed by atoms with Gasteiger partial charge in [0.15, 0.2) is 4.77 Å². The average molecular weight is 353 g/mol. The molecule has 1 heterocycles. The molecule has 3 rings (SSSR count). The molecule has 0 bridgehead atoms. The third-order valence-electron chi connectivity index (χ3n) is 4.21. The van der Waals surface area contributed by atoms with Gasteiger partial charge in [-0.1, -0.05) is 18.2 Å². The predicted molar refractivity (Wildman–Crippen MR) is 102 cm³/mol. The molecule has 1 aromatic heterocycles. The van der Waals surface area contributed by atoms with E-state index in [-0.39, 0.29) is 11.5 Å². The van der Waals surface area contributed by atoms with Crippen molar-refractivity contribution < 1.29 is 4.79 Å². The molecule has 2 aromatic carbocycles. The molecule has 0 unspecified atom stereocenters. The van der Waals surface area contributed by atoms with E-state index in [1.807, 2.05) is 44.2 Å². The lowest BCUT2D eigenvalue weighted by molar-refractivity contribution is 0.0773. The van der Waals surface area contributed by atoms with Crippen molar-refractivity contribution in [1.82, 2.24) is 14.5 Å². The molecule has 6 heteroatoms. The lowest BCUT2D eigenvalue weighted by Crippen LogP contribution is -2.30. The van der Waals surface area contributed by atoms with Crippen LogP contribution in [0, 0.1) is 4.77 Å². The molecule has 0 spiro atoms. The van der Waals surface area contributed by atoms with Crippen molar-refractivity contribution in [2.75, 3.05) is 13.1 Å². The van der Waals surface area contributed by atoms with Crippen LogP contribution in [0.5, 0.6) is 0 Å². The number of hydrogen-bond donors (Lipinski definition) is 1. The van der Waals surface area contributed by atoms with Gasteiger partial charge >= 0.3 is 0 Å². The quantitative estimate of drug-likeness (QED) is 0.730. The number of nitrogens with one attached hydrogen (secondary N) is 1. The Bertz CT molecular complexity index is 1030. The summed E-state index contributed by atoms with van der Waals surface area (Å²) < 4.78 is 1.76. The molecule has 25 heavy (non-hydrogen) atoms. The Balaban J connectivity index is 2.17. The summed E-state index contributed by atoms with van der Waals surface area (Å²) in [6.07, 6.45) is 0. The van der Waals surface area contributed by atoms with Gasteiger partial charge < -0.3 is 9.88 Å². The van der Waals surface area contributed by atoms with Crippen molar-refractivity contribution >= 4 is 29.0 Å². The fourth-order valence-corrected chi connectivity index (χ4v) is 3.15. The largest absolute Gasteiger partial charge is 0.339 e. The molecule has 0 aliphatic heterocycles. The maximum absolute atomic E-state index is 12.9. The fraction of sp³-hybridized carbons (Fsp3) is 0.211. The van der Waals surface area contributed by atoms with Crippen LogP contribution in [-0.2, 0) is 0 Å². The van der Waals surface area contributed by atoms with Crippen LogP contribution in [0.3, 0.4) is 0 Å². The van der Waals surface area contributed by atoms with Gasteiger partial charge in [0.1, 0.15) is 0 Å². The first-order valence-electron chi connectivity index (χ1n) is 8.20. The van der Waals surface area contributed by atoms with Crippen molar-refractivity contribution in [3.05, 3.63) is 69.2 Å². The monoisotopic (exact) mass is 353 g/mol. The number of carbonyl (C=O) groups excluding carboxylic acids is 1. The van der Waals surface area contributed by atoms with E-state index in [1.54, 1.807) is 23.1 Å². The molecule has 128 valence electrons. The molecule has 0 fully saturated rings. The molecular formula is C19H19N3O2S. The van der Waals surface area contributed by atoms with Crippen molar-refractivity contribution in [3.63, 3.8) is 0 Å². The number of amides is 1. The third kappa shape index (κ3) is 3.13. The van der Waals surface area contributed by atoms with E-state index in [2.05, 4.69) is 4.98 Å². The summed E-state index contributed by atoms with van der Waals surface area (Å²) in [5, 5.41) is 0.494. The Labute approximate surface area is 150 Å². The Morgan fingerprint density at radius 3 is 2.44 bits per heavy atom. The van der Waals surface area contributed by atoms with E-state index >= 15 is 0 Å². The number of H-pyrrole nitrogens is 1. The molecule has 0 atom stereocenters. The molecular weight excluding hydrogens is 334 g/mol. The van der Waals surface area contributed by atoms with Gasteiger partial charge in [0.2, 0.25) is 0 Å². The summed E-state index contributed by atoms with van der Waals surface area (Å²) in [5.41, 5.74) is 1.62. The van der Waals surface area contributed by atoms with Crippen LogP contribution in [0.4, 0.5) is 0 Å². The highest BCUT2D eigenvalue weighted by Gasteiger charge is 2.14. The summed E-state index contributed by atoms with van der Waals surface area (Å²) in [4.78, 5) is 30.2. The van der Waals surface area contributed by atoms with Gasteiger partial charge in [-0.25, -0.2) is 0 Å². The first-order chi connectivity index (χ1) is 12.1. The normalized spacial score (nSPS) is 10.8. The number of hydrogen-bond acceptors (Lipinski definition) is 3. The summed E-state index contributed by atoms with van der Waals surface area (Å²) in [7, 11) is 0. The van der Waals surface area contributed by atoms with Gasteiger partial charge in [-0.2, -0.15) is 0 Å². The molecule has 0 saturated carbocycles. The smallest absolute Gasteiger partial charge is 0.266 e. The molecule has 5 nitrogen and oxygen atoms in total. The van der Waals surface area contributed by atoms with Crippen LogP contribution in [0.1, 0.15) is 24.2 Å². The van der Waals surface area contributed by atoms with Crippen LogP contribution in [0.15, 0.2) is 53.3 Å². The maximum Gasteiger partial charge on any atom is 0.266 e. The number of aromatic amines is 1. The zero-order valence-electron chi connectivity index (χ0n) is 14.2. The molecule has 0 aliphatic rings. The zero-order valence-corrected chi connectivity index (χ0v) is 15.0. The van der Waals surface area contributed by atoms with E-state index in [0.717, 1.165) is 0 Å². The number of nitrogens with zero attached hydrogens (tertiary/aromatic N) is 2. The van der Waals surface area contributed by atoms with Crippen molar-refractivity contribution in [3.8, 4) is 5.69 Å². The summed E-state index contributed by atoms with van der Waals surface area (Å²) >= 11 is 5.37. The van der Waals surface area contributed by atoms with Crippen molar-refractivity contribution in [2.24, 2.45) is 0 Å². The molecule has 0 radical (unpaired) electrons. The number of aromatic nitrogens is 2. The Hall–Kier alpha value is -2.73. The Kier molecular flexibility index (Phi) is 4.81. The number of benzene rings is 2. The van der Waals surface area contributed by atoms with Gasteiger partial charge in [-0.3, -0.25) is 14.2 Å². The SMILES string of the molecule is CCN(CC)C(=O)c1ccc2c(=O)n(-c3ccccc3)c(=S)[nH]c2c1. The minimum atomic E-state index is -0.202. The van der Waals surface area contributed by atoms with Gasteiger partial charge in [-0.05, 0) is 56.4 Å². The van der Waals surface area contributed by atoms with Crippen LogP contribution in [0.25, 0.3) is 16.6 Å². The van der Waals surface area contributed by atoms with Crippen molar-refractivity contribution in [2.45, 2.75) is 13.8 Å². The van der Waals surface area contributed by atoms with Crippen LogP contribution >= 0.6 is 12.2 Å². The van der Waals surface area contributed by atoms with Gasteiger partial charge in [-0.15, -0.1) is 0 Å². The van der Waals surface area contributed by atoms with E-state index in [9.17, 15) is 9.59 Å². The average Bonchev–Trinajstić information content (AvgIpc) is 2.63. The molecule has 1 amide bonds. The standard InChI is InChI=1S/C19H19N3O2S/c1-3-21(4-2)17(23)13-10-11-15-16(12-13)20-19(25)22(18(15)24)14-8-6-5-7-9-14/h5-12H,3-4H2,1-2H3,(H,20,25). The maximum atomic E-state index is 12.9. The molecule has 1 N–H and O–H groups in total.